The van der Waals surface area contributed by atoms with Gasteiger partial charge in [0.05, 0.1) is 6.61 Å². The van der Waals surface area contributed by atoms with Gasteiger partial charge in [-0.2, -0.15) is 0 Å². The molecule has 22 heavy (non-hydrogen) atoms. The molecule has 0 spiro atoms. The highest BCUT2D eigenvalue weighted by Crippen LogP contribution is 2.20. The molecular formula is C18H27NO3. The van der Waals surface area contributed by atoms with Crippen molar-refractivity contribution >= 4 is 5.91 Å². The van der Waals surface area contributed by atoms with Crippen LogP contribution in [0.5, 0.6) is 11.5 Å². The Morgan fingerprint density at radius 1 is 1.09 bits per heavy atom. The van der Waals surface area contributed by atoms with Crippen LogP contribution < -0.4 is 9.47 Å². The summed E-state index contributed by atoms with van der Waals surface area (Å²) in [6.07, 6.45) is 6.86. The third-order valence-electron chi connectivity index (χ3n) is 3.89. The Morgan fingerprint density at radius 2 is 1.82 bits per heavy atom. The smallest absolute Gasteiger partial charge is 0.260 e. The van der Waals surface area contributed by atoms with Crippen molar-refractivity contribution in [2.24, 2.45) is 0 Å². The quantitative estimate of drug-likeness (QED) is 0.688. The third kappa shape index (κ3) is 5.58. The number of unbranched alkanes of at least 4 members (excludes halogenated alkanes) is 2. The normalized spacial score (nSPS) is 14.7. The fourth-order valence-electron chi connectivity index (χ4n) is 2.58. The number of rotatable bonds is 8. The summed E-state index contributed by atoms with van der Waals surface area (Å²) in [6, 6.07) is 7.54. The van der Waals surface area contributed by atoms with E-state index in [4.69, 9.17) is 9.47 Å². The van der Waals surface area contributed by atoms with E-state index in [1.807, 2.05) is 29.2 Å². The van der Waals surface area contributed by atoms with Gasteiger partial charge in [-0.1, -0.05) is 25.8 Å². The Morgan fingerprint density at radius 3 is 2.55 bits per heavy atom. The first-order chi connectivity index (χ1) is 10.8. The van der Waals surface area contributed by atoms with Gasteiger partial charge in [0, 0.05) is 19.2 Å². The second kappa shape index (κ2) is 9.34. The summed E-state index contributed by atoms with van der Waals surface area (Å²) in [7, 11) is 0. The largest absolute Gasteiger partial charge is 0.493 e. The van der Waals surface area contributed by atoms with Crippen molar-refractivity contribution in [3.8, 4) is 11.5 Å². The van der Waals surface area contributed by atoms with Gasteiger partial charge in [0.1, 0.15) is 11.5 Å². The van der Waals surface area contributed by atoms with E-state index in [0.717, 1.165) is 44.7 Å². The first-order valence-corrected chi connectivity index (χ1v) is 8.43. The van der Waals surface area contributed by atoms with Crippen LogP contribution in [0.15, 0.2) is 24.3 Å². The molecular weight excluding hydrogens is 278 g/mol. The Bertz CT molecular complexity index is 455. The van der Waals surface area contributed by atoms with E-state index in [-0.39, 0.29) is 12.5 Å². The molecule has 1 aromatic carbocycles. The van der Waals surface area contributed by atoms with Crippen LogP contribution in [-0.2, 0) is 4.79 Å². The van der Waals surface area contributed by atoms with E-state index in [1.54, 1.807) is 0 Å². The Labute approximate surface area is 133 Å². The number of hydrogen-bond acceptors (Lipinski definition) is 3. The van der Waals surface area contributed by atoms with Gasteiger partial charge in [0.15, 0.2) is 6.61 Å². The molecule has 1 aliphatic heterocycles. The minimum Gasteiger partial charge on any atom is -0.493 e. The number of likely N-dealkylation sites (tertiary alicyclic amines) is 1. The van der Waals surface area contributed by atoms with Crippen molar-refractivity contribution in [3.05, 3.63) is 24.3 Å². The average Bonchev–Trinajstić information content (AvgIpc) is 2.58. The fourth-order valence-corrected chi connectivity index (χ4v) is 2.58. The van der Waals surface area contributed by atoms with Crippen LogP contribution in [0.4, 0.5) is 0 Å². The molecule has 1 fully saturated rings. The van der Waals surface area contributed by atoms with Crippen LogP contribution >= 0.6 is 0 Å². The number of amides is 1. The maximum Gasteiger partial charge on any atom is 0.260 e. The second-order valence-corrected chi connectivity index (χ2v) is 5.76. The molecule has 0 saturated carbocycles. The molecule has 1 saturated heterocycles. The van der Waals surface area contributed by atoms with Gasteiger partial charge in [-0.25, -0.2) is 0 Å². The molecule has 2 rings (SSSR count). The van der Waals surface area contributed by atoms with Gasteiger partial charge in [0.2, 0.25) is 0 Å². The molecule has 0 atom stereocenters. The Balaban J connectivity index is 1.76. The van der Waals surface area contributed by atoms with E-state index < -0.39 is 0 Å². The van der Waals surface area contributed by atoms with Crippen molar-refractivity contribution in [2.75, 3.05) is 26.3 Å². The molecule has 1 amide bonds. The van der Waals surface area contributed by atoms with Crippen molar-refractivity contribution in [3.63, 3.8) is 0 Å². The molecule has 0 radical (unpaired) electrons. The second-order valence-electron chi connectivity index (χ2n) is 5.76. The van der Waals surface area contributed by atoms with Crippen LogP contribution in [0.25, 0.3) is 0 Å². The molecule has 4 heteroatoms. The summed E-state index contributed by atoms with van der Waals surface area (Å²) < 4.78 is 11.3. The standard InChI is InChI=1S/C18H27NO3/c1-2-3-7-13-21-16-9-8-10-17(14-16)22-15-18(20)19-11-5-4-6-12-19/h8-10,14H,2-7,11-13,15H2,1H3. The predicted molar refractivity (Wildman–Crippen MR) is 87.4 cm³/mol. The van der Waals surface area contributed by atoms with E-state index in [0.29, 0.717) is 5.75 Å². The van der Waals surface area contributed by atoms with Gasteiger partial charge in [-0.15, -0.1) is 0 Å². The lowest BCUT2D eigenvalue weighted by Gasteiger charge is -2.26. The number of ether oxygens (including phenoxy) is 2. The maximum atomic E-state index is 12.1. The van der Waals surface area contributed by atoms with Crippen molar-refractivity contribution in [1.29, 1.82) is 0 Å². The van der Waals surface area contributed by atoms with Crippen molar-refractivity contribution in [1.82, 2.24) is 4.90 Å². The molecule has 0 unspecified atom stereocenters. The lowest BCUT2D eigenvalue weighted by Crippen LogP contribution is -2.38. The third-order valence-corrected chi connectivity index (χ3v) is 3.89. The molecule has 1 aromatic rings. The van der Waals surface area contributed by atoms with Gasteiger partial charge >= 0.3 is 0 Å². The van der Waals surface area contributed by atoms with Crippen LogP contribution in [0.2, 0.25) is 0 Å². The van der Waals surface area contributed by atoms with Crippen molar-refractivity contribution < 1.29 is 14.3 Å². The zero-order valence-corrected chi connectivity index (χ0v) is 13.6. The number of hydrogen-bond donors (Lipinski definition) is 0. The lowest BCUT2D eigenvalue weighted by molar-refractivity contribution is -0.134. The van der Waals surface area contributed by atoms with Crippen LogP contribution in [0.1, 0.15) is 45.4 Å². The first-order valence-electron chi connectivity index (χ1n) is 8.43. The number of carbonyl (C=O) groups is 1. The van der Waals surface area contributed by atoms with E-state index in [1.165, 1.54) is 19.3 Å². The minimum absolute atomic E-state index is 0.0777. The highest BCUT2D eigenvalue weighted by molar-refractivity contribution is 5.77. The zero-order chi connectivity index (χ0) is 15.6. The topological polar surface area (TPSA) is 38.8 Å². The van der Waals surface area contributed by atoms with Crippen LogP contribution in [0, 0.1) is 0 Å². The van der Waals surface area contributed by atoms with Gasteiger partial charge < -0.3 is 14.4 Å². The predicted octanol–water partition coefficient (Wildman–Crippen LogP) is 3.65. The van der Waals surface area contributed by atoms with Crippen LogP contribution in [0.3, 0.4) is 0 Å². The Hall–Kier alpha value is -1.71. The highest BCUT2D eigenvalue weighted by atomic mass is 16.5. The van der Waals surface area contributed by atoms with Crippen molar-refractivity contribution in [2.45, 2.75) is 45.4 Å². The summed E-state index contributed by atoms with van der Waals surface area (Å²) in [4.78, 5) is 14.0. The number of carbonyl (C=O) groups excluding carboxylic acids is 1. The number of nitrogens with zero attached hydrogens (tertiary/aromatic N) is 1. The molecule has 0 aromatic heterocycles. The van der Waals surface area contributed by atoms with E-state index >= 15 is 0 Å². The number of piperidine rings is 1. The molecule has 0 bridgehead atoms. The van der Waals surface area contributed by atoms with E-state index in [9.17, 15) is 4.79 Å². The molecule has 122 valence electrons. The molecule has 1 aliphatic rings. The Kier molecular flexibility index (Phi) is 7.07. The SMILES string of the molecule is CCCCCOc1cccc(OCC(=O)N2CCCCC2)c1. The molecule has 4 nitrogen and oxygen atoms in total. The molecule has 0 aliphatic carbocycles. The average molecular weight is 305 g/mol. The van der Waals surface area contributed by atoms with Gasteiger partial charge in [-0.3, -0.25) is 4.79 Å². The molecule has 0 N–H and O–H groups in total. The minimum atomic E-state index is 0.0777. The summed E-state index contributed by atoms with van der Waals surface area (Å²) in [5, 5.41) is 0. The van der Waals surface area contributed by atoms with Gasteiger partial charge in [0.25, 0.3) is 5.91 Å². The molecule has 1 heterocycles. The number of benzene rings is 1. The summed E-state index contributed by atoms with van der Waals surface area (Å²) >= 11 is 0. The van der Waals surface area contributed by atoms with Gasteiger partial charge in [-0.05, 0) is 37.8 Å². The zero-order valence-electron chi connectivity index (χ0n) is 13.6. The van der Waals surface area contributed by atoms with Crippen LogP contribution in [-0.4, -0.2) is 37.1 Å². The first kappa shape index (κ1) is 16.7. The fraction of sp³-hybridized carbons (Fsp3) is 0.611. The monoisotopic (exact) mass is 305 g/mol. The lowest BCUT2D eigenvalue weighted by atomic mass is 10.1. The summed E-state index contributed by atoms with van der Waals surface area (Å²) in [5.41, 5.74) is 0. The van der Waals surface area contributed by atoms with E-state index in [2.05, 4.69) is 6.92 Å². The maximum absolute atomic E-state index is 12.1. The highest BCUT2D eigenvalue weighted by Gasteiger charge is 2.16. The summed E-state index contributed by atoms with van der Waals surface area (Å²) in [5.74, 6) is 1.58. The summed E-state index contributed by atoms with van der Waals surface area (Å²) in [6.45, 7) is 4.74.